The Labute approximate surface area is 207 Å². The van der Waals surface area contributed by atoms with Crippen molar-refractivity contribution >= 4 is 11.8 Å². The van der Waals surface area contributed by atoms with Crippen molar-refractivity contribution in [3.63, 3.8) is 0 Å². The second-order valence-corrected chi connectivity index (χ2v) is 9.47. The van der Waals surface area contributed by atoms with Gasteiger partial charge in [0.05, 0.1) is 13.4 Å². The topological polar surface area (TPSA) is 71.8 Å². The number of nitrogens with one attached hydrogen (secondary N) is 1. The molecule has 184 valence electrons. The Morgan fingerprint density at radius 2 is 1.66 bits per heavy atom. The molecule has 0 spiro atoms. The molecule has 2 amide bonds. The average Bonchev–Trinajstić information content (AvgIpc) is 3.59. The van der Waals surface area contributed by atoms with E-state index in [1.54, 1.807) is 24.1 Å². The normalized spacial score (nSPS) is 14.6. The van der Waals surface area contributed by atoms with Gasteiger partial charge < -0.3 is 19.4 Å². The first-order valence-electron chi connectivity index (χ1n) is 12.3. The summed E-state index contributed by atoms with van der Waals surface area (Å²) in [4.78, 5) is 29.1. The third-order valence-electron chi connectivity index (χ3n) is 6.69. The smallest absolute Gasteiger partial charge is 0.290 e. The first-order chi connectivity index (χ1) is 17.0. The zero-order valence-corrected chi connectivity index (χ0v) is 20.7. The standard InChI is InChI=1S/C29H34N2O4/c1-20(2)22-12-14-23(15-13-22)27(28(32)30-24-7-4-5-8-24)31(29(33)26-9-6-18-35-26)19-21-10-16-25(34-3)17-11-21/h6,9-18,20,24,27H,4-5,7-8,19H2,1-3H3,(H,30,32). The predicted octanol–water partition coefficient (Wildman–Crippen LogP) is 5.85. The van der Waals surface area contributed by atoms with Crippen LogP contribution >= 0.6 is 0 Å². The molecule has 1 heterocycles. The van der Waals surface area contributed by atoms with Gasteiger partial charge in [-0.3, -0.25) is 9.59 Å². The van der Waals surface area contributed by atoms with Crippen LogP contribution in [0.4, 0.5) is 0 Å². The Morgan fingerprint density at radius 3 is 2.23 bits per heavy atom. The van der Waals surface area contributed by atoms with Crippen LogP contribution in [0.1, 0.15) is 78.7 Å². The molecule has 1 N–H and O–H groups in total. The number of carbonyl (C=O) groups is 2. The Hall–Kier alpha value is -3.54. The van der Waals surface area contributed by atoms with E-state index in [1.807, 2.05) is 48.5 Å². The largest absolute Gasteiger partial charge is 0.497 e. The molecular weight excluding hydrogens is 440 g/mol. The van der Waals surface area contributed by atoms with Crippen LogP contribution in [0, 0.1) is 0 Å². The Bertz CT molecular complexity index is 1100. The summed E-state index contributed by atoms with van der Waals surface area (Å²) >= 11 is 0. The molecule has 1 unspecified atom stereocenters. The Kier molecular flexibility index (Phi) is 7.91. The van der Waals surface area contributed by atoms with Gasteiger partial charge in [0.15, 0.2) is 5.76 Å². The van der Waals surface area contributed by atoms with Crippen molar-refractivity contribution in [3.8, 4) is 5.75 Å². The molecule has 1 aliphatic carbocycles. The van der Waals surface area contributed by atoms with Crippen LogP contribution in [0.3, 0.4) is 0 Å². The van der Waals surface area contributed by atoms with Crippen LogP contribution in [0.5, 0.6) is 5.75 Å². The van der Waals surface area contributed by atoms with E-state index in [0.717, 1.165) is 42.6 Å². The molecule has 1 fully saturated rings. The van der Waals surface area contributed by atoms with Crippen LogP contribution in [-0.2, 0) is 11.3 Å². The number of furan rings is 1. The number of nitrogens with zero attached hydrogens (tertiary/aromatic N) is 1. The van der Waals surface area contributed by atoms with Crippen LogP contribution in [0.25, 0.3) is 0 Å². The zero-order chi connectivity index (χ0) is 24.8. The van der Waals surface area contributed by atoms with Gasteiger partial charge >= 0.3 is 0 Å². The summed E-state index contributed by atoms with van der Waals surface area (Å²) in [6.07, 6.45) is 5.63. The molecule has 1 saturated carbocycles. The summed E-state index contributed by atoms with van der Waals surface area (Å²) < 4.78 is 10.7. The van der Waals surface area contributed by atoms with Crippen molar-refractivity contribution in [2.24, 2.45) is 0 Å². The Morgan fingerprint density at radius 1 is 1.00 bits per heavy atom. The van der Waals surface area contributed by atoms with Gasteiger partial charge in [0.2, 0.25) is 5.91 Å². The molecule has 6 heteroatoms. The number of rotatable bonds is 9. The lowest BCUT2D eigenvalue weighted by Gasteiger charge is -2.32. The molecule has 1 atom stereocenters. The summed E-state index contributed by atoms with van der Waals surface area (Å²) in [6, 6.07) is 18.2. The zero-order valence-electron chi connectivity index (χ0n) is 20.7. The number of carbonyl (C=O) groups excluding carboxylic acids is 2. The number of hydrogen-bond acceptors (Lipinski definition) is 4. The van der Waals surface area contributed by atoms with Gasteiger partial charge in [0.25, 0.3) is 5.91 Å². The van der Waals surface area contributed by atoms with Crippen molar-refractivity contribution in [3.05, 3.63) is 89.4 Å². The van der Waals surface area contributed by atoms with Crippen molar-refractivity contribution in [1.82, 2.24) is 10.2 Å². The second kappa shape index (κ2) is 11.3. The molecule has 1 aromatic heterocycles. The number of hydrogen-bond donors (Lipinski definition) is 1. The van der Waals surface area contributed by atoms with Crippen LogP contribution in [0.15, 0.2) is 71.3 Å². The average molecular weight is 475 g/mol. The van der Waals surface area contributed by atoms with E-state index in [1.165, 1.54) is 11.8 Å². The molecule has 6 nitrogen and oxygen atoms in total. The lowest BCUT2D eigenvalue weighted by atomic mass is 9.97. The maximum Gasteiger partial charge on any atom is 0.290 e. The van der Waals surface area contributed by atoms with E-state index in [0.29, 0.717) is 5.92 Å². The van der Waals surface area contributed by atoms with E-state index in [2.05, 4.69) is 19.2 Å². The van der Waals surface area contributed by atoms with Crippen LogP contribution in [0.2, 0.25) is 0 Å². The summed E-state index contributed by atoms with van der Waals surface area (Å²) in [5.74, 6) is 0.816. The third kappa shape index (κ3) is 5.94. The van der Waals surface area contributed by atoms with Gasteiger partial charge in [-0.05, 0) is 59.7 Å². The van der Waals surface area contributed by atoms with Crippen molar-refractivity contribution < 1.29 is 18.7 Å². The quantitative estimate of drug-likeness (QED) is 0.422. The lowest BCUT2D eigenvalue weighted by molar-refractivity contribution is -0.126. The SMILES string of the molecule is COc1ccc(CN(C(=O)c2ccco2)C(C(=O)NC2CCCC2)c2ccc(C(C)C)cc2)cc1. The molecule has 3 aromatic rings. The summed E-state index contributed by atoms with van der Waals surface area (Å²) in [7, 11) is 1.62. The van der Waals surface area contributed by atoms with Gasteiger partial charge in [-0.2, -0.15) is 0 Å². The molecule has 1 aliphatic rings. The highest BCUT2D eigenvalue weighted by molar-refractivity contribution is 5.96. The fraction of sp³-hybridized carbons (Fsp3) is 0.379. The molecule has 0 radical (unpaired) electrons. The summed E-state index contributed by atoms with van der Waals surface area (Å²) in [5.41, 5.74) is 2.85. The van der Waals surface area contributed by atoms with Crippen molar-refractivity contribution in [2.45, 2.75) is 64.1 Å². The lowest BCUT2D eigenvalue weighted by Crippen LogP contribution is -2.45. The summed E-state index contributed by atoms with van der Waals surface area (Å²) in [5, 5.41) is 3.22. The highest BCUT2D eigenvalue weighted by Crippen LogP contribution is 2.29. The molecular formula is C29H34N2O4. The molecule has 35 heavy (non-hydrogen) atoms. The third-order valence-corrected chi connectivity index (χ3v) is 6.69. The van der Waals surface area contributed by atoms with Gasteiger partial charge in [-0.15, -0.1) is 0 Å². The fourth-order valence-electron chi connectivity index (χ4n) is 4.64. The minimum atomic E-state index is -0.795. The van der Waals surface area contributed by atoms with Gasteiger partial charge in [0.1, 0.15) is 11.8 Å². The number of benzene rings is 2. The number of methoxy groups -OCH3 is 1. The van der Waals surface area contributed by atoms with Gasteiger partial charge in [-0.25, -0.2) is 0 Å². The van der Waals surface area contributed by atoms with E-state index >= 15 is 0 Å². The van der Waals surface area contributed by atoms with E-state index in [4.69, 9.17) is 9.15 Å². The number of amides is 2. The van der Waals surface area contributed by atoms with Crippen molar-refractivity contribution in [2.75, 3.05) is 7.11 Å². The second-order valence-electron chi connectivity index (χ2n) is 9.47. The van der Waals surface area contributed by atoms with E-state index < -0.39 is 6.04 Å². The number of ether oxygens (including phenoxy) is 1. The molecule has 2 aromatic carbocycles. The summed E-state index contributed by atoms with van der Waals surface area (Å²) in [6.45, 7) is 4.52. The molecule has 4 rings (SSSR count). The van der Waals surface area contributed by atoms with Gasteiger partial charge in [0, 0.05) is 12.6 Å². The van der Waals surface area contributed by atoms with Crippen LogP contribution in [-0.4, -0.2) is 29.9 Å². The minimum absolute atomic E-state index is 0.140. The first kappa shape index (κ1) is 24.6. The van der Waals surface area contributed by atoms with E-state index in [9.17, 15) is 9.59 Å². The highest BCUT2D eigenvalue weighted by atomic mass is 16.5. The fourth-order valence-corrected chi connectivity index (χ4v) is 4.64. The molecule has 0 bridgehead atoms. The van der Waals surface area contributed by atoms with Crippen LogP contribution < -0.4 is 10.1 Å². The molecule has 0 aliphatic heterocycles. The maximum atomic E-state index is 13.8. The first-order valence-corrected chi connectivity index (χ1v) is 12.3. The Balaban J connectivity index is 1.73. The molecule has 0 saturated heterocycles. The maximum absolute atomic E-state index is 13.8. The highest BCUT2D eigenvalue weighted by Gasteiger charge is 2.34. The predicted molar refractivity (Wildman–Crippen MR) is 135 cm³/mol. The van der Waals surface area contributed by atoms with Crippen molar-refractivity contribution in [1.29, 1.82) is 0 Å². The van der Waals surface area contributed by atoms with Gasteiger partial charge in [-0.1, -0.05) is 63.1 Å². The minimum Gasteiger partial charge on any atom is -0.497 e. The monoisotopic (exact) mass is 474 g/mol. The van der Waals surface area contributed by atoms with E-state index in [-0.39, 0.29) is 30.2 Å².